The Balaban J connectivity index is 0.000000306. The van der Waals surface area contributed by atoms with Crippen LogP contribution in [0.15, 0.2) is 92.5 Å². The fraction of sp³-hybridized carbons (Fsp3) is 0.538. The highest BCUT2D eigenvalue weighted by atomic mass is 19.4. The van der Waals surface area contributed by atoms with Crippen LogP contribution in [-0.4, -0.2) is 156 Å². The summed E-state index contributed by atoms with van der Waals surface area (Å²) in [4.78, 5) is 89.6. The van der Waals surface area contributed by atoms with Crippen molar-refractivity contribution in [1.82, 2.24) is 56.9 Å². The number of aromatic nitrogens is 12. The number of alkyl halides is 6. The zero-order valence-corrected chi connectivity index (χ0v) is 55.4. The average Bonchev–Trinajstić information content (AvgIpc) is 1.58. The van der Waals surface area contributed by atoms with Gasteiger partial charge in [-0.05, 0) is 62.1 Å². The first-order chi connectivity index (χ1) is 46.6. The second kappa shape index (κ2) is 37.3. The number of benzene rings is 2. The number of fused-ring (bicyclic) bond motifs is 2. The van der Waals surface area contributed by atoms with E-state index in [-0.39, 0.29) is 133 Å². The number of carbonyl (C=O) groups is 2. The van der Waals surface area contributed by atoms with Crippen molar-refractivity contribution >= 4 is 34.5 Å². The van der Waals surface area contributed by atoms with Crippen LogP contribution in [0, 0.1) is 0 Å². The van der Waals surface area contributed by atoms with Crippen molar-refractivity contribution in [2.24, 2.45) is 0 Å². The summed E-state index contributed by atoms with van der Waals surface area (Å²) in [6, 6.07) is 9.84. The van der Waals surface area contributed by atoms with E-state index in [0.29, 0.717) is 74.7 Å². The molecular formula is C65H86F6N12O15. The molecule has 6 heterocycles. The summed E-state index contributed by atoms with van der Waals surface area (Å²) < 4.78 is 139. The highest BCUT2D eigenvalue weighted by Gasteiger charge is 2.34. The number of aryl methyl sites for hydroxylation is 2. The van der Waals surface area contributed by atoms with E-state index in [1.807, 2.05) is 13.8 Å². The van der Waals surface area contributed by atoms with Gasteiger partial charge in [0.05, 0.1) is 120 Å². The van der Waals surface area contributed by atoms with Gasteiger partial charge in [-0.15, -0.1) is 0 Å². The van der Waals surface area contributed by atoms with E-state index < -0.39 is 70.6 Å². The second-order valence-electron chi connectivity index (χ2n) is 21.8. The smallest absolute Gasteiger partial charge is 0.441 e. The van der Waals surface area contributed by atoms with E-state index >= 15 is 0 Å². The van der Waals surface area contributed by atoms with Gasteiger partial charge in [0.25, 0.3) is 11.1 Å². The number of halogens is 6. The number of ether oxygens (including phenoxy) is 9. The number of methoxy groups -OCH3 is 2. The molecule has 0 aliphatic heterocycles. The molecule has 2 atom stereocenters. The number of carbonyl (C=O) groups excluding carboxylic acids is 2. The van der Waals surface area contributed by atoms with Crippen LogP contribution in [-0.2, 0) is 99.0 Å². The summed E-state index contributed by atoms with van der Waals surface area (Å²) in [6.07, 6.45) is -4.68. The van der Waals surface area contributed by atoms with Gasteiger partial charge in [0.1, 0.15) is 18.3 Å². The maximum absolute atomic E-state index is 13.9. The third kappa shape index (κ3) is 20.0. The molecule has 0 saturated heterocycles. The fourth-order valence-electron chi connectivity index (χ4n) is 10.4. The first kappa shape index (κ1) is 78.2. The second-order valence-corrected chi connectivity index (χ2v) is 21.8. The minimum Gasteiger partial charge on any atom is -0.441 e. The molecule has 538 valence electrons. The third-order valence-electron chi connectivity index (χ3n) is 14.9. The highest BCUT2D eigenvalue weighted by Crippen LogP contribution is 2.34. The van der Waals surface area contributed by atoms with Crippen molar-refractivity contribution in [3.05, 3.63) is 137 Å². The lowest BCUT2D eigenvalue weighted by molar-refractivity contribution is -0.155. The topological polar surface area (TPSA) is 276 Å². The van der Waals surface area contributed by atoms with Crippen LogP contribution in [0.1, 0.15) is 116 Å². The van der Waals surface area contributed by atoms with Gasteiger partial charge in [0.15, 0.2) is 34.8 Å². The molecular weight excluding hydrogens is 1300 g/mol. The highest BCUT2D eigenvalue weighted by molar-refractivity contribution is 5.79. The molecule has 0 N–H and O–H groups in total. The Hall–Kier alpha value is -8.76. The zero-order chi connectivity index (χ0) is 70.4. The van der Waals surface area contributed by atoms with Crippen LogP contribution in [0.25, 0.3) is 45.1 Å². The van der Waals surface area contributed by atoms with Crippen molar-refractivity contribution in [2.45, 2.75) is 145 Å². The molecule has 6 aromatic heterocycles. The summed E-state index contributed by atoms with van der Waals surface area (Å²) in [5, 5.41) is 8.66. The lowest BCUT2D eigenvalue weighted by atomic mass is 10.1. The summed E-state index contributed by atoms with van der Waals surface area (Å²) >= 11 is 0. The Morgan fingerprint density at radius 3 is 1.31 bits per heavy atom. The van der Waals surface area contributed by atoms with Crippen LogP contribution < -0.4 is 22.5 Å². The van der Waals surface area contributed by atoms with Gasteiger partial charge in [0.2, 0.25) is 0 Å². The summed E-state index contributed by atoms with van der Waals surface area (Å²) in [5.41, 5.74) is -1.97. The summed E-state index contributed by atoms with van der Waals surface area (Å²) in [5.74, 6) is -0.208. The number of imidazole rings is 2. The molecule has 0 radical (unpaired) electrons. The zero-order valence-electron chi connectivity index (χ0n) is 55.4. The Kier molecular flexibility index (Phi) is 29.8. The van der Waals surface area contributed by atoms with Crippen molar-refractivity contribution in [1.29, 1.82) is 0 Å². The van der Waals surface area contributed by atoms with Crippen LogP contribution in [0.3, 0.4) is 0 Å². The molecule has 0 bridgehead atoms. The van der Waals surface area contributed by atoms with Gasteiger partial charge in [-0.3, -0.25) is 51.1 Å². The lowest BCUT2D eigenvalue weighted by Gasteiger charge is -2.21. The number of esters is 1. The molecule has 2 unspecified atom stereocenters. The first-order valence-corrected chi connectivity index (χ1v) is 31.8. The van der Waals surface area contributed by atoms with E-state index in [1.165, 1.54) is 52.2 Å². The van der Waals surface area contributed by atoms with Gasteiger partial charge in [-0.25, -0.2) is 24.4 Å². The maximum atomic E-state index is 13.9. The summed E-state index contributed by atoms with van der Waals surface area (Å²) in [6.45, 7) is 14.6. The van der Waals surface area contributed by atoms with Crippen molar-refractivity contribution in [3.8, 4) is 22.8 Å². The van der Waals surface area contributed by atoms with E-state index in [1.54, 1.807) is 66.4 Å². The van der Waals surface area contributed by atoms with Gasteiger partial charge in [-0.2, -0.15) is 36.5 Å². The Labute approximate surface area is 560 Å². The van der Waals surface area contributed by atoms with Crippen LogP contribution >= 0.6 is 0 Å². The molecule has 0 aliphatic carbocycles. The van der Waals surface area contributed by atoms with E-state index in [4.69, 9.17) is 47.6 Å². The standard InChI is InChI=1S/C32H41F3N6O8.C32H41F3N6O7.CH4/c1-5-11-40-29(42)26-28(39(7-3)30(40)43)37-27(23-19-36-38(21-23)20-22-9-8-10-24(18-22)32(33,34)35)41(26)25(6-2)49-31(44)48-17-16-47-15-14-46-13-12-45-4;1-5-12-40-30(43)27-29(39(7-3)31(40)44)37-28(23-19-36-38(21-23)20-22-9-8-10-24(18-22)32(33,34)35)41(27)25(6-2)48-26(42)11-13-46-16-17-47-15-14-45-4;/h8-10,18-19,21,25H,5-7,11-17,20H2,1-4H3;8-10,18-19,21,25H,5-7,11-17,20H2,1-4H3;1H4. The number of rotatable bonds is 36. The summed E-state index contributed by atoms with van der Waals surface area (Å²) in [7, 11) is 3.15. The van der Waals surface area contributed by atoms with Crippen LogP contribution in [0.2, 0.25) is 0 Å². The number of hydrogen-bond donors (Lipinski definition) is 0. The Bertz CT molecular complexity index is 4130. The van der Waals surface area contributed by atoms with E-state index in [0.717, 1.165) is 33.4 Å². The molecule has 0 amide bonds. The van der Waals surface area contributed by atoms with Crippen LogP contribution in [0.4, 0.5) is 31.1 Å². The normalized spacial score (nSPS) is 12.4. The minimum atomic E-state index is -4.50. The predicted octanol–water partition coefficient (Wildman–Crippen LogP) is 9.34. The minimum absolute atomic E-state index is 0. The molecule has 27 nitrogen and oxygen atoms in total. The fourth-order valence-corrected chi connectivity index (χ4v) is 10.4. The van der Waals surface area contributed by atoms with Gasteiger partial charge >= 0.3 is 35.9 Å². The van der Waals surface area contributed by atoms with Crippen LogP contribution in [0.5, 0.6) is 0 Å². The van der Waals surface area contributed by atoms with Gasteiger partial charge < -0.3 is 42.6 Å². The maximum Gasteiger partial charge on any atom is 0.510 e. The molecule has 8 rings (SSSR count). The van der Waals surface area contributed by atoms with Gasteiger partial charge in [0, 0.05) is 65.6 Å². The molecule has 0 spiro atoms. The van der Waals surface area contributed by atoms with Gasteiger partial charge in [-0.1, -0.05) is 59.4 Å². The van der Waals surface area contributed by atoms with Crippen molar-refractivity contribution in [3.63, 3.8) is 0 Å². The van der Waals surface area contributed by atoms with Crippen molar-refractivity contribution in [2.75, 3.05) is 86.9 Å². The molecule has 0 saturated carbocycles. The molecule has 0 fully saturated rings. The molecule has 98 heavy (non-hydrogen) atoms. The number of nitrogens with zero attached hydrogens (tertiary/aromatic N) is 12. The average molecular weight is 1390 g/mol. The van der Waals surface area contributed by atoms with E-state index in [9.17, 15) is 55.1 Å². The molecule has 8 aromatic rings. The van der Waals surface area contributed by atoms with E-state index in [2.05, 4.69) is 15.2 Å². The Morgan fingerprint density at radius 2 is 0.918 bits per heavy atom. The quantitative estimate of drug-likeness (QED) is 0.0201. The number of hydrogen-bond acceptors (Lipinski definition) is 19. The monoisotopic (exact) mass is 1390 g/mol. The molecule has 2 aromatic carbocycles. The van der Waals surface area contributed by atoms with Crippen molar-refractivity contribution < 1.29 is 78.6 Å². The third-order valence-corrected chi connectivity index (χ3v) is 14.9. The first-order valence-electron chi connectivity index (χ1n) is 31.8. The Morgan fingerprint density at radius 1 is 0.520 bits per heavy atom. The lowest BCUT2D eigenvalue weighted by Crippen LogP contribution is -2.40. The largest absolute Gasteiger partial charge is 0.510 e. The SMILES string of the molecule is C.CCCn1c(=O)c2c(nc(-c3cnn(Cc4cccc(C(F)(F)F)c4)c3)n2C(CC)OC(=O)CCOCCOCCOC)n(CC)c1=O.CCCn1c(=O)c2c(nc(-c3cnn(Cc4cccc(C(F)(F)F)c4)c3)n2C(CC)OC(=O)OCCOCCOCCOC)n(CC)c1=O. The predicted molar refractivity (Wildman–Crippen MR) is 348 cm³/mol. The molecule has 33 heteroatoms. The molecule has 0 aliphatic rings.